The molecule has 0 nitrogen and oxygen atoms in total. The van der Waals surface area contributed by atoms with E-state index in [1.165, 1.54) is 6.42 Å². The van der Waals surface area contributed by atoms with Gasteiger partial charge < -0.3 is 0 Å². The van der Waals surface area contributed by atoms with Gasteiger partial charge in [0, 0.05) is 0 Å². The first-order chi connectivity index (χ1) is 5.00. The fourth-order valence-electron chi connectivity index (χ4n) is 1.23. The second kappa shape index (κ2) is 4.85. The largest absolute Gasteiger partial charge is 0.0721 e. The first-order valence-electron chi connectivity index (χ1n) is 4.76. The van der Waals surface area contributed by atoms with E-state index in [2.05, 4.69) is 34.6 Å². The molecular formula is C10H21B. The first-order valence-corrected chi connectivity index (χ1v) is 4.76. The smallest absolute Gasteiger partial charge is 0.0706 e. The van der Waals surface area contributed by atoms with Gasteiger partial charge in [0.15, 0.2) is 0 Å². The van der Waals surface area contributed by atoms with E-state index >= 15 is 0 Å². The van der Waals surface area contributed by atoms with Crippen molar-refractivity contribution < 1.29 is 0 Å². The summed E-state index contributed by atoms with van der Waals surface area (Å²) >= 11 is 0. The fraction of sp³-hybridized carbons (Fsp3) is 1.00. The van der Waals surface area contributed by atoms with E-state index in [9.17, 15) is 0 Å². The Morgan fingerprint density at radius 1 is 1.09 bits per heavy atom. The molecule has 0 saturated carbocycles. The summed E-state index contributed by atoms with van der Waals surface area (Å²) in [5, 5.41) is 0. The van der Waals surface area contributed by atoms with Gasteiger partial charge in [-0.15, -0.1) is 0 Å². The van der Waals surface area contributed by atoms with Crippen molar-refractivity contribution in [3.8, 4) is 0 Å². The van der Waals surface area contributed by atoms with Crippen molar-refractivity contribution in [3.63, 3.8) is 0 Å². The summed E-state index contributed by atoms with van der Waals surface area (Å²) in [6, 6.07) is 0. The molecule has 0 aliphatic rings. The van der Waals surface area contributed by atoms with E-state index in [1.807, 2.05) is 0 Å². The van der Waals surface area contributed by atoms with Crippen molar-refractivity contribution in [1.82, 2.24) is 0 Å². The minimum Gasteiger partial charge on any atom is -0.0721 e. The molecule has 11 heavy (non-hydrogen) atoms. The Morgan fingerprint density at radius 3 is 1.82 bits per heavy atom. The zero-order valence-corrected chi connectivity index (χ0v) is 8.59. The molecule has 0 rings (SSSR count). The minimum atomic E-state index is 0.375. The molecule has 3 atom stereocenters. The predicted molar refractivity (Wildman–Crippen MR) is 53.0 cm³/mol. The first kappa shape index (κ1) is 11.1. The Morgan fingerprint density at radius 2 is 1.55 bits per heavy atom. The number of hydrogen-bond donors (Lipinski definition) is 0. The summed E-state index contributed by atoms with van der Waals surface area (Å²) in [6.07, 6.45) is 1.19. The molecule has 0 aromatic rings. The summed E-state index contributed by atoms with van der Waals surface area (Å²) in [4.78, 5) is 0. The minimum absolute atomic E-state index is 0.375. The van der Waals surface area contributed by atoms with Gasteiger partial charge >= 0.3 is 0 Å². The van der Waals surface area contributed by atoms with Crippen LogP contribution in [0.3, 0.4) is 0 Å². The second-order valence-corrected chi connectivity index (χ2v) is 4.07. The SMILES string of the molecule is [B]C(C(C)CC)C(C)C(C)C. The molecule has 0 aromatic heterocycles. The molecule has 0 spiro atoms. The molecule has 1 heteroatoms. The van der Waals surface area contributed by atoms with Crippen molar-refractivity contribution in [2.45, 2.75) is 46.9 Å². The van der Waals surface area contributed by atoms with Crippen LogP contribution in [-0.4, -0.2) is 7.85 Å². The van der Waals surface area contributed by atoms with Crippen molar-refractivity contribution in [3.05, 3.63) is 0 Å². The van der Waals surface area contributed by atoms with E-state index in [1.54, 1.807) is 0 Å². The Labute approximate surface area is 73.2 Å². The molecule has 0 amide bonds. The zero-order valence-electron chi connectivity index (χ0n) is 8.59. The molecular weight excluding hydrogens is 131 g/mol. The van der Waals surface area contributed by atoms with Crippen LogP contribution in [0.4, 0.5) is 0 Å². The van der Waals surface area contributed by atoms with Gasteiger partial charge in [-0.05, 0) is 17.8 Å². The highest BCUT2D eigenvalue weighted by atomic mass is 14.2. The van der Waals surface area contributed by atoms with E-state index in [0.717, 1.165) is 0 Å². The number of rotatable bonds is 4. The molecule has 2 radical (unpaired) electrons. The van der Waals surface area contributed by atoms with Crippen LogP contribution in [0.15, 0.2) is 0 Å². The quantitative estimate of drug-likeness (QED) is 0.542. The third kappa shape index (κ3) is 3.31. The van der Waals surface area contributed by atoms with Crippen LogP contribution in [0.25, 0.3) is 0 Å². The lowest BCUT2D eigenvalue weighted by Crippen LogP contribution is -2.18. The Kier molecular flexibility index (Phi) is 4.87. The molecule has 64 valence electrons. The van der Waals surface area contributed by atoms with Crippen LogP contribution in [0.5, 0.6) is 0 Å². The molecule has 0 heterocycles. The van der Waals surface area contributed by atoms with Crippen molar-refractivity contribution in [2.24, 2.45) is 17.8 Å². The maximum absolute atomic E-state index is 6.07. The van der Waals surface area contributed by atoms with Crippen LogP contribution < -0.4 is 0 Å². The van der Waals surface area contributed by atoms with Crippen LogP contribution in [0.1, 0.15) is 41.0 Å². The standard InChI is InChI=1S/C10H21B/c1-6-8(4)10(11)9(5)7(2)3/h7-10H,6H2,1-5H3. The third-order valence-corrected chi connectivity index (χ3v) is 2.96. The van der Waals surface area contributed by atoms with Gasteiger partial charge in [0.25, 0.3) is 0 Å². The second-order valence-electron chi connectivity index (χ2n) is 4.07. The van der Waals surface area contributed by atoms with Gasteiger partial charge in [-0.1, -0.05) is 46.9 Å². The van der Waals surface area contributed by atoms with Gasteiger partial charge in [0.2, 0.25) is 0 Å². The van der Waals surface area contributed by atoms with Gasteiger partial charge in [-0.3, -0.25) is 0 Å². The Balaban J connectivity index is 3.90. The average molecular weight is 152 g/mol. The molecule has 0 aromatic carbocycles. The van der Waals surface area contributed by atoms with E-state index in [0.29, 0.717) is 23.6 Å². The van der Waals surface area contributed by atoms with Crippen molar-refractivity contribution >= 4 is 7.85 Å². The van der Waals surface area contributed by atoms with Crippen molar-refractivity contribution in [2.75, 3.05) is 0 Å². The zero-order chi connectivity index (χ0) is 9.02. The lowest BCUT2D eigenvalue weighted by molar-refractivity contribution is 0.328. The summed E-state index contributed by atoms with van der Waals surface area (Å²) in [5.41, 5.74) is 0. The Hall–Kier alpha value is 0.0649. The molecule has 0 saturated heterocycles. The fourth-order valence-corrected chi connectivity index (χ4v) is 1.23. The topological polar surface area (TPSA) is 0 Å². The lowest BCUT2D eigenvalue weighted by Gasteiger charge is -2.28. The van der Waals surface area contributed by atoms with Crippen LogP contribution in [0, 0.1) is 17.8 Å². The van der Waals surface area contributed by atoms with Gasteiger partial charge in [0.05, 0.1) is 7.85 Å². The number of hydrogen-bond acceptors (Lipinski definition) is 0. The monoisotopic (exact) mass is 152 g/mol. The van der Waals surface area contributed by atoms with Crippen LogP contribution in [-0.2, 0) is 0 Å². The summed E-state index contributed by atoms with van der Waals surface area (Å²) in [5.74, 6) is 2.39. The third-order valence-electron chi connectivity index (χ3n) is 2.96. The van der Waals surface area contributed by atoms with Crippen molar-refractivity contribution in [1.29, 1.82) is 0 Å². The molecule has 0 aliphatic carbocycles. The van der Waals surface area contributed by atoms with E-state index in [-0.39, 0.29) is 0 Å². The molecule has 0 N–H and O–H groups in total. The molecule has 3 unspecified atom stereocenters. The molecule has 0 fully saturated rings. The maximum atomic E-state index is 6.07. The maximum Gasteiger partial charge on any atom is 0.0706 e. The highest BCUT2D eigenvalue weighted by Crippen LogP contribution is 2.30. The van der Waals surface area contributed by atoms with Crippen LogP contribution >= 0.6 is 0 Å². The average Bonchev–Trinajstić information content (AvgIpc) is 2.00. The summed E-state index contributed by atoms with van der Waals surface area (Å²) in [7, 11) is 6.07. The summed E-state index contributed by atoms with van der Waals surface area (Å²) < 4.78 is 0. The van der Waals surface area contributed by atoms with Gasteiger partial charge in [0.1, 0.15) is 0 Å². The summed E-state index contributed by atoms with van der Waals surface area (Å²) in [6.45, 7) is 11.2. The van der Waals surface area contributed by atoms with E-state index < -0.39 is 0 Å². The predicted octanol–water partition coefficient (Wildman–Crippen LogP) is 3.28. The lowest BCUT2D eigenvalue weighted by atomic mass is 9.65. The Bertz CT molecular complexity index is 99.0. The van der Waals surface area contributed by atoms with Gasteiger partial charge in [-0.2, -0.15) is 0 Å². The molecule has 0 bridgehead atoms. The normalized spacial score (nSPS) is 19.8. The molecule has 0 aliphatic heterocycles. The highest BCUT2D eigenvalue weighted by Gasteiger charge is 2.19. The van der Waals surface area contributed by atoms with Crippen LogP contribution in [0.2, 0.25) is 5.82 Å². The van der Waals surface area contributed by atoms with E-state index in [4.69, 9.17) is 7.85 Å². The van der Waals surface area contributed by atoms with Gasteiger partial charge in [-0.25, -0.2) is 0 Å². The highest BCUT2D eigenvalue weighted by molar-refractivity contribution is 6.12.